The number of aromatic nitrogens is 2. The van der Waals surface area contributed by atoms with Crippen LogP contribution in [0.25, 0.3) is 10.9 Å². The molecule has 44 heavy (non-hydrogen) atoms. The molecule has 1 aliphatic heterocycles. The van der Waals surface area contributed by atoms with E-state index in [0.29, 0.717) is 12.1 Å². The highest BCUT2D eigenvalue weighted by molar-refractivity contribution is 6.36. The third-order valence-electron chi connectivity index (χ3n) is 6.80. The van der Waals surface area contributed by atoms with Crippen molar-refractivity contribution in [2.75, 3.05) is 10.2 Å². The summed E-state index contributed by atoms with van der Waals surface area (Å²) in [5.74, 6) is -5.33. The van der Waals surface area contributed by atoms with Crippen LogP contribution in [0.5, 0.6) is 11.5 Å². The van der Waals surface area contributed by atoms with Gasteiger partial charge < -0.3 is 10.1 Å². The van der Waals surface area contributed by atoms with Crippen LogP contribution in [0.3, 0.4) is 0 Å². The van der Waals surface area contributed by atoms with E-state index in [1.165, 1.54) is 42.1 Å². The molecule has 0 saturated carbocycles. The molecule has 0 fully saturated rings. The molecule has 8 nitrogen and oxygen atoms in total. The Hall–Kier alpha value is -5.30. The van der Waals surface area contributed by atoms with Crippen molar-refractivity contribution in [3.8, 4) is 11.5 Å². The van der Waals surface area contributed by atoms with Crippen molar-refractivity contribution in [1.29, 1.82) is 0 Å². The maximum absolute atomic E-state index is 14.2. The van der Waals surface area contributed by atoms with Gasteiger partial charge in [-0.25, -0.2) is 13.7 Å². The number of imide groups is 1. The van der Waals surface area contributed by atoms with Crippen LogP contribution < -0.4 is 15.0 Å². The summed E-state index contributed by atoms with van der Waals surface area (Å²) >= 11 is 6.24. The largest absolute Gasteiger partial charge is 0.453 e. The number of rotatable bonds is 5. The topological polar surface area (TPSA) is 93.5 Å². The molecule has 0 radical (unpaired) electrons. The number of carbonyl (C=O) groups excluding carboxylic acids is 3. The fourth-order valence-corrected chi connectivity index (χ4v) is 4.95. The minimum atomic E-state index is -4.94. The number of aryl methyl sites for hydroxylation is 1. The summed E-state index contributed by atoms with van der Waals surface area (Å²) in [6.45, 7) is 0. The van der Waals surface area contributed by atoms with E-state index in [0.717, 1.165) is 17.0 Å². The number of nitrogens with zero attached hydrogens (tertiary/aromatic N) is 3. The Morgan fingerprint density at radius 3 is 2.25 bits per heavy atom. The van der Waals surface area contributed by atoms with E-state index in [4.69, 9.17) is 16.3 Å². The van der Waals surface area contributed by atoms with Crippen LogP contribution in [0.2, 0.25) is 5.02 Å². The molecule has 5 aromatic rings. The predicted molar refractivity (Wildman–Crippen MR) is 149 cm³/mol. The summed E-state index contributed by atoms with van der Waals surface area (Å²) in [7, 11) is 1.51. The van der Waals surface area contributed by atoms with Crippen LogP contribution in [-0.4, -0.2) is 27.5 Å². The first-order valence-electron chi connectivity index (χ1n) is 12.6. The average molecular weight is 627 g/mol. The number of fused-ring (bicyclic) bond motifs is 2. The number of carbonyl (C=O) groups is 3. The first kappa shape index (κ1) is 28.8. The van der Waals surface area contributed by atoms with Crippen molar-refractivity contribution in [2.45, 2.75) is 6.18 Å². The van der Waals surface area contributed by atoms with Gasteiger partial charge in [0.2, 0.25) is 0 Å². The molecule has 1 aromatic heterocycles. The molecule has 1 aliphatic rings. The first-order chi connectivity index (χ1) is 20.8. The number of hydrogen-bond donors (Lipinski definition) is 1. The van der Waals surface area contributed by atoms with E-state index in [2.05, 4.69) is 10.4 Å². The zero-order valence-electron chi connectivity index (χ0n) is 22.2. The monoisotopic (exact) mass is 626 g/mol. The van der Waals surface area contributed by atoms with Gasteiger partial charge in [0.05, 0.1) is 38.3 Å². The van der Waals surface area contributed by atoms with Crippen molar-refractivity contribution >= 4 is 51.7 Å². The highest BCUT2D eigenvalue weighted by Crippen LogP contribution is 2.45. The van der Waals surface area contributed by atoms with E-state index in [1.807, 2.05) is 0 Å². The summed E-state index contributed by atoms with van der Waals surface area (Å²) < 4.78 is 75.6. The number of anilines is 2. The minimum Gasteiger partial charge on any atom is -0.453 e. The molecule has 14 heteroatoms. The van der Waals surface area contributed by atoms with Gasteiger partial charge in [0.25, 0.3) is 17.7 Å². The molecule has 2 heterocycles. The predicted octanol–water partition coefficient (Wildman–Crippen LogP) is 7.37. The summed E-state index contributed by atoms with van der Waals surface area (Å²) in [5.41, 5.74) is -1.75. The zero-order chi connectivity index (χ0) is 31.5. The molecule has 0 bridgehead atoms. The van der Waals surface area contributed by atoms with E-state index >= 15 is 0 Å². The van der Waals surface area contributed by atoms with E-state index in [1.54, 1.807) is 12.1 Å². The van der Waals surface area contributed by atoms with Crippen molar-refractivity contribution in [3.05, 3.63) is 112 Å². The summed E-state index contributed by atoms with van der Waals surface area (Å²) in [6, 6.07) is 13.3. The number of alkyl halides is 3. The van der Waals surface area contributed by atoms with Gasteiger partial charge >= 0.3 is 6.18 Å². The number of amides is 3. The van der Waals surface area contributed by atoms with E-state index in [-0.39, 0.29) is 56.1 Å². The average Bonchev–Trinajstić information content (AvgIpc) is 3.43. The smallest absolute Gasteiger partial charge is 0.416 e. The molecular formula is C30H16ClF5N4O4. The molecule has 0 saturated heterocycles. The highest BCUT2D eigenvalue weighted by atomic mass is 35.5. The molecule has 0 aliphatic carbocycles. The Balaban J connectivity index is 1.53. The van der Waals surface area contributed by atoms with Crippen LogP contribution in [0.1, 0.15) is 36.6 Å². The molecule has 0 unspecified atom stereocenters. The quantitative estimate of drug-likeness (QED) is 0.162. The fraction of sp³-hybridized carbons (Fsp3) is 0.0667. The molecule has 222 valence electrons. The van der Waals surface area contributed by atoms with Crippen LogP contribution >= 0.6 is 11.6 Å². The maximum atomic E-state index is 14.2. The molecule has 4 aromatic carbocycles. The Morgan fingerprint density at radius 1 is 0.909 bits per heavy atom. The van der Waals surface area contributed by atoms with Gasteiger partial charge in [-0.05, 0) is 54.6 Å². The standard InChI is InChI=1S/C30H16ClF5N4O4/c1-39-22-9-8-21(37-27(41)14-10-15(30(34,35)36)12-17(33)11-14)25(44-23-13-16(32)6-7-20(23)31)24(22)26(38-39)40-28(42)18-4-2-3-5-19(18)29(40)43/h2-13H,1H3,(H,37,41). The maximum Gasteiger partial charge on any atom is 0.416 e. The normalized spacial score (nSPS) is 13.0. The second-order valence-electron chi connectivity index (χ2n) is 9.63. The molecule has 6 rings (SSSR count). The Bertz CT molecular complexity index is 2010. The third kappa shape index (κ3) is 4.90. The van der Waals surface area contributed by atoms with E-state index in [9.17, 15) is 36.3 Å². The zero-order valence-corrected chi connectivity index (χ0v) is 22.9. The van der Waals surface area contributed by atoms with Crippen molar-refractivity contribution in [1.82, 2.24) is 9.78 Å². The Kier molecular flexibility index (Phi) is 6.84. The lowest BCUT2D eigenvalue weighted by molar-refractivity contribution is -0.137. The number of benzene rings is 4. The van der Waals surface area contributed by atoms with Crippen LogP contribution in [0.4, 0.5) is 33.5 Å². The van der Waals surface area contributed by atoms with Crippen molar-refractivity contribution < 1.29 is 41.1 Å². The van der Waals surface area contributed by atoms with Gasteiger partial charge in [-0.3, -0.25) is 19.1 Å². The Morgan fingerprint density at radius 2 is 1.59 bits per heavy atom. The van der Waals surface area contributed by atoms with Gasteiger partial charge in [0.1, 0.15) is 17.4 Å². The van der Waals surface area contributed by atoms with Gasteiger partial charge in [-0.15, -0.1) is 0 Å². The number of hydrogen-bond acceptors (Lipinski definition) is 5. The number of ether oxygens (including phenoxy) is 1. The highest BCUT2D eigenvalue weighted by Gasteiger charge is 2.40. The lowest BCUT2D eigenvalue weighted by Gasteiger charge is -2.17. The van der Waals surface area contributed by atoms with Crippen molar-refractivity contribution in [2.24, 2.45) is 7.05 Å². The van der Waals surface area contributed by atoms with Gasteiger partial charge in [-0.1, -0.05) is 23.7 Å². The summed E-state index contributed by atoms with van der Waals surface area (Å²) in [4.78, 5) is 40.7. The lowest BCUT2D eigenvalue weighted by atomic mass is 10.1. The molecule has 1 N–H and O–H groups in total. The summed E-state index contributed by atoms with van der Waals surface area (Å²) in [6.07, 6.45) is -4.94. The van der Waals surface area contributed by atoms with Crippen LogP contribution in [-0.2, 0) is 13.2 Å². The fourth-order valence-electron chi connectivity index (χ4n) is 4.79. The molecule has 0 spiro atoms. The van der Waals surface area contributed by atoms with Crippen molar-refractivity contribution in [3.63, 3.8) is 0 Å². The second kappa shape index (κ2) is 10.5. The van der Waals surface area contributed by atoms with Crippen LogP contribution in [0, 0.1) is 11.6 Å². The lowest BCUT2D eigenvalue weighted by Crippen LogP contribution is -2.30. The molecule has 0 atom stereocenters. The number of nitrogens with one attached hydrogen (secondary N) is 1. The van der Waals surface area contributed by atoms with Gasteiger partial charge in [-0.2, -0.15) is 18.3 Å². The summed E-state index contributed by atoms with van der Waals surface area (Å²) in [5, 5.41) is 6.67. The Labute approximate surface area is 249 Å². The number of halogens is 6. The molecular weight excluding hydrogens is 611 g/mol. The van der Waals surface area contributed by atoms with E-state index < -0.39 is 46.7 Å². The minimum absolute atomic E-state index is 0.00430. The second-order valence-corrected chi connectivity index (χ2v) is 10.0. The first-order valence-corrected chi connectivity index (χ1v) is 13.0. The van der Waals surface area contributed by atoms with Gasteiger partial charge in [0.15, 0.2) is 11.6 Å². The third-order valence-corrected chi connectivity index (χ3v) is 7.11. The van der Waals surface area contributed by atoms with Gasteiger partial charge in [0, 0.05) is 18.7 Å². The van der Waals surface area contributed by atoms with Crippen LogP contribution in [0.15, 0.2) is 72.8 Å². The molecule has 3 amide bonds. The SMILES string of the molecule is Cn1nc(N2C(=O)c3ccccc3C2=O)c2c(Oc3cc(F)ccc3Cl)c(NC(=O)c3cc(F)cc(C(F)(F)F)c3)ccc21.